The van der Waals surface area contributed by atoms with Gasteiger partial charge in [-0.1, -0.05) is 45.9 Å². The van der Waals surface area contributed by atoms with Crippen LogP contribution in [0.15, 0.2) is 47.4 Å². The van der Waals surface area contributed by atoms with E-state index in [9.17, 15) is 13.5 Å². The van der Waals surface area contributed by atoms with Gasteiger partial charge in [0.25, 0.3) is 15.9 Å². The third kappa shape index (κ3) is 5.99. The number of aromatic nitrogens is 2. The van der Waals surface area contributed by atoms with Crippen LogP contribution >= 0.6 is 0 Å². The van der Waals surface area contributed by atoms with Crippen LogP contribution in [0, 0.1) is 24.2 Å². The molecule has 0 aliphatic heterocycles. The second kappa shape index (κ2) is 11.3. The summed E-state index contributed by atoms with van der Waals surface area (Å²) in [4.78, 5) is 8.69. The highest BCUT2D eigenvalue weighted by Gasteiger charge is 2.37. The Kier molecular flexibility index (Phi) is 8.63. The van der Waals surface area contributed by atoms with Crippen LogP contribution in [-0.4, -0.2) is 43.8 Å². The Labute approximate surface area is 213 Å². The van der Waals surface area contributed by atoms with Gasteiger partial charge in [-0.2, -0.15) is 4.98 Å². The van der Waals surface area contributed by atoms with Crippen LogP contribution in [0.25, 0.3) is 0 Å². The number of hydrogen-bond donors (Lipinski definition) is 2. The van der Waals surface area contributed by atoms with Crippen molar-refractivity contribution in [2.24, 2.45) is 17.3 Å². The van der Waals surface area contributed by atoms with Crippen LogP contribution in [0.4, 0.5) is 5.82 Å². The van der Waals surface area contributed by atoms with Gasteiger partial charge in [0.2, 0.25) is 5.75 Å². The summed E-state index contributed by atoms with van der Waals surface area (Å²) < 4.78 is 46.1. The molecule has 2 N–H and O–H groups in total. The molecule has 1 aliphatic rings. The topological polar surface area (TPSA) is 120 Å². The van der Waals surface area contributed by atoms with Gasteiger partial charge in [-0.25, -0.2) is 13.4 Å². The van der Waals surface area contributed by atoms with Gasteiger partial charge in [-0.3, -0.25) is 4.72 Å². The van der Waals surface area contributed by atoms with E-state index in [1.54, 1.807) is 43.3 Å². The highest BCUT2D eigenvalue weighted by atomic mass is 32.2. The fourth-order valence-electron chi connectivity index (χ4n) is 4.28. The number of allylic oxidation sites excluding steroid dienone is 3. The number of nitrogens with zero attached hydrogens (tertiary/aromatic N) is 2. The van der Waals surface area contributed by atoms with Crippen molar-refractivity contribution in [1.82, 2.24) is 9.97 Å². The van der Waals surface area contributed by atoms with E-state index < -0.39 is 10.0 Å². The molecule has 1 aromatic heterocycles. The van der Waals surface area contributed by atoms with Gasteiger partial charge in [0.1, 0.15) is 23.9 Å². The van der Waals surface area contributed by atoms with Crippen molar-refractivity contribution in [2.45, 2.75) is 41.0 Å². The number of sulfonamides is 1. The van der Waals surface area contributed by atoms with E-state index in [4.69, 9.17) is 14.2 Å². The van der Waals surface area contributed by atoms with Gasteiger partial charge < -0.3 is 19.3 Å². The minimum absolute atomic E-state index is 0.00358. The minimum atomic E-state index is -4.00. The predicted molar refractivity (Wildman–Crippen MR) is 139 cm³/mol. The van der Waals surface area contributed by atoms with Crippen LogP contribution in [-0.2, 0) is 10.0 Å². The number of anilines is 1. The van der Waals surface area contributed by atoms with Crippen molar-refractivity contribution in [3.8, 4) is 23.1 Å². The normalized spacial score (nSPS) is 15.1. The number of methoxy groups -OCH3 is 1. The molecule has 1 aromatic carbocycles. The number of ether oxygens (including phenoxy) is 3. The smallest absolute Gasteiger partial charge is 0.263 e. The lowest BCUT2D eigenvalue weighted by atomic mass is 9.65. The summed E-state index contributed by atoms with van der Waals surface area (Å²) in [6, 6.07) is 6.80. The first-order valence-electron chi connectivity index (χ1n) is 11.9. The number of aryl methyl sites for hydroxylation is 1. The van der Waals surface area contributed by atoms with Gasteiger partial charge in [0.05, 0.1) is 18.6 Å². The van der Waals surface area contributed by atoms with Crippen molar-refractivity contribution in [3.63, 3.8) is 0 Å². The molecule has 36 heavy (non-hydrogen) atoms. The van der Waals surface area contributed by atoms with E-state index in [0.717, 1.165) is 0 Å². The molecule has 0 spiro atoms. The molecule has 9 nitrogen and oxygen atoms in total. The number of aliphatic hydroxyl groups excluding tert-OH is 1. The Morgan fingerprint density at radius 3 is 2.42 bits per heavy atom. The van der Waals surface area contributed by atoms with E-state index in [1.807, 2.05) is 6.08 Å². The Bertz CT molecular complexity index is 1230. The number of hydrogen-bond acceptors (Lipinski definition) is 8. The molecule has 0 saturated carbocycles. The largest absolute Gasteiger partial charge is 0.497 e. The lowest BCUT2D eigenvalue weighted by Gasteiger charge is -2.40. The first kappa shape index (κ1) is 27.5. The molecule has 1 aliphatic carbocycles. The molecular weight excluding hydrogens is 482 g/mol. The first-order valence-corrected chi connectivity index (χ1v) is 13.4. The average Bonchev–Trinajstić information content (AvgIpc) is 2.84. The molecule has 0 bridgehead atoms. The van der Waals surface area contributed by atoms with E-state index in [1.165, 1.54) is 7.11 Å². The number of nitrogens with one attached hydrogen (secondary N) is 1. The minimum Gasteiger partial charge on any atom is -0.497 e. The van der Waals surface area contributed by atoms with Crippen LogP contribution in [0.3, 0.4) is 0 Å². The average molecular weight is 518 g/mol. The SMILES string of the molecule is COc1cccc(Oc2c(NS(=O)(=O)C3=CCC(C(C)C)(C(C)C)C=C3)nc(C)nc2OCCO)c1. The second-order valence-electron chi connectivity index (χ2n) is 9.28. The first-order chi connectivity index (χ1) is 17.0. The second-order valence-corrected chi connectivity index (χ2v) is 11.0. The number of rotatable bonds is 11. The third-order valence-corrected chi connectivity index (χ3v) is 7.83. The fourth-order valence-corrected chi connectivity index (χ4v) is 5.34. The Hall–Kier alpha value is -3.11. The zero-order chi connectivity index (χ0) is 26.5. The van der Waals surface area contributed by atoms with Crippen LogP contribution in [0.5, 0.6) is 23.1 Å². The van der Waals surface area contributed by atoms with E-state index >= 15 is 0 Å². The summed E-state index contributed by atoms with van der Waals surface area (Å²) in [6.45, 7) is 9.89. The summed E-state index contributed by atoms with van der Waals surface area (Å²) in [5.74, 6) is 1.79. The van der Waals surface area contributed by atoms with Gasteiger partial charge in [0, 0.05) is 6.07 Å². The van der Waals surface area contributed by atoms with E-state index in [-0.39, 0.29) is 46.8 Å². The molecule has 2 aromatic rings. The summed E-state index contributed by atoms with van der Waals surface area (Å²) >= 11 is 0. The molecule has 196 valence electrons. The summed E-state index contributed by atoms with van der Waals surface area (Å²) in [5.41, 5.74) is -0.115. The zero-order valence-electron chi connectivity index (χ0n) is 21.6. The standard InChI is InChI=1S/C26H35N3O6S/c1-17(2)26(18(3)4)12-10-22(11-13-26)36(31,32)29-24-23(25(34-15-14-30)28-19(5)27-24)35-21-9-7-8-20(16-21)33-6/h7-12,16-18,30H,13-15H2,1-6H3,(H,27,28,29). The molecule has 0 saturated heterocycles. The quantitative estimate of drug-likeness (QED) is 0.434. The molecule has 10 heteroatoms. The van der Waals surface area contributed by atoms with Gasteiger partial charge in [-0.05, 0) is 48.8 Å². The maximum absolute atomic E-state index is 13.4. The van der Waals surface area contributed by atoms with Crippen LogP contribution < -0.4 is 18.9 Å². The van der Waals surface area contributed by atoms with Crippen molar-refractivity contribution in [1.29, 1.82) is 0 Å². The van der Waals surface area contributed by atoms with Gasteiger partial charge in [-0.15, -0.1) is 0 Å². The monoisotopic (exact) mass is 517 g/mol. The molecule has 0 atom stereocenters. The van der Waals surface area contributed by atoms with E-state index in [0.29, 0.717) is 29.8 Å². The number of benzene rings is 1. The fraction of sp³-hybridized carbons (Fsp3) is 0.462. The van der Waals surface area contributed by atoms with Gasteiger partial charge in [0.15, 0.2) is 5.82 Å². The maximum Gasteiger partial charge on any atom is 0.263 e. The highest BCUT2D eigenvalue weighted by Crippen LogP contribution is 2.45. The van der Waals surface area contributed by atoms with E-state index in [2.05, 4.69) is 42.4 Å². The van der Waals surface area contributed by atoms with Crippen LogP contribution in [0.1, 0.15) is 39.9 Å². The molecule has 1 heterocycles. The zero-order valence-corrected chi connectivity index (χ0v) is 22.4. The Morgan fingerprint density at radius 2 is 1.83 bits per heavy atom. The van der Waals surface area contributed by atoms with Crippen molar-refractivity contribution in [2.75, 3.05) is 25.0 Å². The lowest BCUT2D eigenvalue weighted by molar-refractivity contribution is 0.180. The number of aliphatic hydroxyl groups is 1. The summed E-state index contributed by atoms with van der Waals surface area (Å²) in [6.07, 6.45) is 6.02. The van der Waals surface area contributed by atoms with Gasteiger partial charge >= 0.3 is 0 Å². The molecule has 0 fully saturated rings. The molecule has 3 rings (SSSR count). The van der Waals surface area contributed by atoms with Crippen LogP contribution in [0.2, 0.25) is 0 Å². The molecular formula is C26H35N3O6S. The predicted octanol–water partition coefficient (Wildman–Crippen LogP) is 4.84. The lowest BCUT2D eigenvalue weighted by Crippen LogP contribution is -2.32. The van der Waals surface area contributed by atoms with Crippen molar-refractivity contribution < 1.29 is 27.7 Å². The Balaban J connectivity index is 1.99. The molecule has 0 radical (unpaired) electrons. The van der Waals surface area contributed by atoms with Crippen molar-refractivity contribution >= 4 is 15.8 Å². The molecule has 0 unspecified atom stereocenters. The maximum atomic E-state index is 13.4. The highest BCUT2D eigenvalue weighted by molar-refractivity contribution is 7.96. The third-order valence-electron chi connectivity index (χ3n) is 6.44. The summed E-state index contributed by atoms with van der Waals surface area (Å²) in [5, 5.41) is 9.24. The molecule has 0 amide bonds. The van der Waals surface area contributed by atoms with Crippen molar-refractivity contribution in [3.05, 3.63) is 53.2 Å². The summed E-state index contributed by atoms with van der Waals surface area (Å²) in [7, 11) is -2.47. The Morgan fingerprint density at radius 1 is 1.14 bits per heavy atom.